The molecule has 1 aliphatic rings. The first-order chi connectivity index (χ1) is 13.8. The van der Waals surface area contributed by atoms with Gasteiger partial charge in [-0.3, -0.25) is 0 Å². The van der Waals surface area contributed by atoms with Crippen LogP contribution in [0.4, 0.5) is 10.1 Å². The van der Waals surface area contributed by atoms with E-state index in [-0.39, 0.29) is 5.82 Å². The Kier molecular flexibility index (Phi) is 5.74. The van der Waals surface area contributed by atoms with Crippen LogP contribution in [-0.2, 0) is 10.0 Å². The largest absolute Gasteiger partial charge is 0.369 e. The minimum absolute atomic E-state index is 0.274. The van der Waals surface area contributed by atoms with Gasteiger partial charge in [-0.05, 0) is 36.2 Å². The van der Waals surface area contributed by atoms with Crippen LogP contribution in [0, 0.1) is 5.82 Å². The maximum Gasteiger partial charge on any atom is 0.252 e. The van der Waals surface area contributed by atoms with Gasteiger partial charge in [0.2, 0.25) is 0 Å². The van der Waals surface area contributed by atoms with Gasteiger partial charge in [-0.25, -0.2) is 17.8 Å². The zero-order valence-electron chi connectivity index (χ0n) is 16.2. The first-order valence-corrected chi connectivity index (χ1v) is 12.6. The van der Waals surface area contributed by atoms with E-state index < -0.39 is 10.0 Å². The number of hydrogen-bond donors (Lipinski definition) is 0. The van der Waals surface area contributed by atoms with E-state index in [9.17, 15) is 12.8 Å². The van der Waals surface area contributed by atoms with Gasteiger partial charge in [0.15, 0.2) is 0 Å². The first kappa shape index (κ1) is 20.5. The molecule has 0 spiro atoms. The predicted molar refractivity (Wildman–Crippen MR) is 117 cm³/mol. The molecule has 3 heterocycles. The lowest BCUT2D eigenvalue weighted by Crippen LogP contribution is -2.48. The number of rotatable bonds is 5. The first-order valence-electron chi connectivity index (χ1n) is 9.39. The Balaban J connectivity index is 1.46. The quantitative estimate of drug-likeness (QED) is 0.567. The van der Waals surface area contributed by atoms with Crippen molar-refractivity contribution < 1.29 is 12.8 Å². The average Bonchev–Trinajstić information content (AvgIpc) is 3.39. The number of halogens is 1. The second kappa shape index (κ2) is 8.14. The molecule has 4 rings (SSSR count). The van der Waals surface area contributed by atoms with Crippen molar-refractivity contribution in [3.05, 3.63) is 52.6 Å². The molecule has 0 saturated carbocycles. The van der Waals surface area contributed by atoms with E-state index in [4.69, 9.17) is 0 Å². The summed E-state index contributed by atoms with van der Waals surface area (Å²) in [6, 6.07) is 8.04. The number of hydrogen-bond acceptors (Lipinski definition) is 6. The normalized spacial score (nSPS) is 15.9. The van der Waals surface area contributed by atoms with Crippen LogP contribution < -0.4 is 4.90 Å². The van der Waals surface area contributed by atoms with Gasteiger partial charge in [0.05, 0.1) is 5.69 Å². The maximum atomic E-state index is 13.1. The van der Waals surface area contributed by atoms with Crippen LogP contribution in [0.5, 0.6) is 0 Å². The average molecular weight is 452 g/mol. The number of benzene rings is 1. The van der Waals surface area contributed by atoms with E-state index in [0.29, 0.717) is 36.3 Å². The summed E-state index contributed by atoms with van der Waals surface area (Å²) in [6.45, 7) is 6.14. The van der Waals surface area contributed by atoms with Crippen molar-refractivity contribution in [3.8, 4) is 10.6 Å². The number of thiophene rings is 1. The van der Waals surface area contributed by atoms with E-state index in [0.717, 1.165) is 22.0 Å². The molecule has 0 aliphatic carbocycles. The van der Waals surface area contributed by atoms with Gasteiger partial charge >= 0.3 is 0 Å². The molecule has 1 fully saturated rings. The molecule has 0 atom stereocenters. The van der Waals surface area contributed by atoms with Crippen LogP contribution in [-0.4, -0.2) is 43.9 Å². The Morgan fingerprint density at radius 1 is 1.03 bits per heavy atom. The van der Waals surface area contributed by atoms with Crippen LogP contribution in [0.1, 0.15) is 25.5 Å². The van der Waals surface area contributed by atoms with Gasteiger partial charge in [-0.2, -0.15) is 4.31 Å². The molecule has 1 aliphatic heterocycles. The summed E-state index contributed by atoms with van der Waals surface area (Å²) in [4.78, 5) is 6.70. The second-order valence-electron chi connectivity index (χ2n) is 7.25. The molecule has 1 saturated heterocycles. The fourth-order valence-electron chi connectivity index (χ4n) is 3.21. The molecule has 5 nitrogen and oxygen atoms in total. The third-order valence-electron chi connectivity index (χ3n) is 4.96. The van der Waals surface area contributed by atoms with E-state index in [1.54, 1.807) is 29.5 Å². The van der Waals surface area contributed by atoms with Crippen LogP contribution in [0.25, 0.3) is 10.6 Å². The topological polar surface area (TPSA) is 53.5 Å². The molecule has 0 radical (unpaired) electrons. The molecule has 0 amide bonds. The molecule has 0 N–H and O–H groups in total. The zero-order chi connectivity index (χ0) is 20.6. The zero-order valence-corrected chi connectivity index (χ0v) is 18.7. The van der Waals surface area contributed by atoms with Crippen molar-refractivity contribution in [2.75, 3.05) is 31.1 Å². The van der Waals surface area contributed by atoms with Gasteiger partial charge in [0.25, 0.3) is 10.0 Å². The van der Waals surface area contributed by atoms with Gasteiger partial charge < -0.3 is 4.90 Å². The van der Waals surface area contributed by atoms with Crippen molar-refractivity contribution in [2.45, 2.75) is 24.0 Å². The van der Waals surface area contributed by atoms with Gasteiger partial charge in [0, 0.05) is 48.2 Å². The monoisotopic (exact) mass is 451 g/mol. The van der Waals surface area contributed by atoms with Crippen molar-refractivity contribution in [2.24, 2.45) is 0 Å². The van der Waals surface area contributed by atoms with Gasteiger partial charge in [0.1, 0.15) is 15.0 Å². The molecule has 3 aromatic rings. The molecule has 0 unspecified atom stereocenters. The molecular weight excluding hydrogens is 429 g/mol. The Labute approximate surface area is 178 Å². The van der Waals surface area contributed by atoms with Crippen LogP contribution in [0.2, 0.25) is 0 Å². The van der Waals surface area contributed by atoms with E-state index in [2.05, 4.69) is 23.7 Å². The van der Waals surface area contributed by atoms with Crippen LogP contribution >= 0.6 is 22.7 Å². The number of thiazole rings is 1. The van der Waals surface area contributed by atoms with Crippen molar-refractivity contribution >= 4 is 38.4 Å². The lowest BCUT2D eigenvalue weighted by molar-refractivity contribution is 0.386. The molecule has 9 heteroatoms. The number of piperazine rings is 1. The summed E-state index contributed by atoms with van der Waals surface area (Å²) >= 11 is 2.79. The maximum absolute atomic E-state index is 13.1. The minimum atomic E-state index is -3.53. The summed E-state index contributed by atoms with van der Waals surface area (Å²) in [5.74, 6) is 0.0726. The Hall–Kier alpha value is -1.81. The number of nitrogens with zero attached hydrogens (tertiary/aromatic N) is 3. The lowest BCUT2D eigenvalue weighted by atomic mass is 10.2. The summed E-state index contributed by atoms with van der Waals surface area (Å²) in [7, 11) is -3.53. The van der Waals surface area contributed by atoms with Crippen molar-refractivity contribution in [3.63, 3.8) is 0 Å². The third kappa shape index (κ3) is 4.23. The van der Waals surface area contributed by atoms with Crippen molar-refractivity contribution in [1.82, 2.24) is 9.29 Å². The fraction of sp³-hybridized carbons (Fsp3) is 0.350. The summed E-state index contributed by atoms with van der Waals surface area (Å²) < 4.78 is 41.2. The summed E-state index contributed by atoms with van der Waals surface area (Å²) in [5, 5.41) is 4.75. The Bertz CT molecular complexity index is 1080. The SMILES string of the molecule is CC(C)c1csc(-c2csc(S(=O)(=O)N3CCN(c4ccc(F)cc4)CC3)c2)n1. The molecule has 154 valence electrons. The third-order valence-corrected chi connectivity index (χ3v) is 9.18. The molecule has 2 aromatic heterocycles. The Morgan fingerprint density at radius 3 is 2.34 bits per heavy atom. The van der Waals surface area contributed by atoms with Crippen molar-refractivity contribution in [1.29, 1.82) is 0 Å². The highest BCUT2D eigenvalue weighted by Crippen LogP contribution is 2.33. The van der Waals surface area contributed by atoms with Gasteiger partial charge in [-0.15, -0.1) is 22.7 Å². The fourth-order valence-corrected chi connectivity index (χ4v) is 7.00. The van der Waals surface area contributed by atoms with E-state index in [1.165, 1.54) is 27.8 Å². The van der Waals surface area contributed by atoms with Gasteiger partial charge in [-0.1, -0.05) is 13.8 Å². The number of anilines is 1. The second-order valence-corrected chi connectivity index (χ2v) is 11.2. The summed E-state index contributed by atoms with van der Waals surface area (Å²) in [6.07, 6.45) is 0. The minimum Gasteiger partial charge on any atom is -0.369 e. The summed E-state index contributed by atoms with van der Waals surface area (Å²) in [5.41, 5.74) is 2.79. The highest BCUT2D eigenvalue weighted by molar-refractivity contribution is 7.91. The number of sulfonamides is 1. The molecular formula is C20H22FN3O2S3. The molecule has 1 aromatic carbocycles. The Morgan fingerprint density at radius 2 is 1.72 bits per heavy atom. The number of aromatic nitrogens is 1. The highest BCUT2D eigenvalue weighted by Gasteiger charge is 2.30. The van der Waals surface area contributed by atoms with Crippen LogP contribution in [0.15, 0.2) is 45.3 Å². The lowest BCUT2D eigenvalue weighted by Gasteiger charge is -2.35. The molecule has 29 heavy (non-hydrogen) atoms. The standard InChI is InChI=1S/C20H22FN3O2S3/c1-14(2)18-13-28-20(22-18)15-11-19(27-12-15)29(25,26)24-9-7-23(8-10-24)17-5-3-16(21)4-6-17/h3-6,11-14H,7-10H2,1-2H3. The highest BCUT2D eigenvalue weighted by atomic mass is 32.2. The smallest absolute Gasteiger partial charge is 0.252 e. The van der Waals surface area contributed by atoms with E-state index >= 15 is 0 Å². The predicted octanol–water partition coefficient (Wildman–Crippen LogP) is 4.65. The molecule has 0 bridgehead atoms. The van der Waals surface area contributed by atoms with Crippen LogP contribution in [0.3, 0.4) is 0 Å². The van der Waals surface area contributed by atoms with E-state index in [1.807, 2.05) is 10.8 Å².